The highest BCUT2D eigenvalue weighted by Gasteiger charge is 2.25. The smallest absolute Gasteiger partial charge is 0.0687 e. The van der Waals surface area contributed by atoms with Crippen LogP contribution in [0.4, 0.5) is 0 Å². The maximum absolute atomic E-state index is 10.5. The van der Waals surface area contributed by atoms with Crippen LogP contribution >= 0.6 is 23.2 Å². The number of halogens is 2. The topological polar surface area (TPSA) is 20.2 Å². The molecule has 0 aliphatic rings. The number of rotatable bonds is 6. The summed E-state index contributed by atoms with van der Waals surface area (Å²) in [5, 5.41) is 11.7. The van der Waals surface area contributed by atoms with Gasteiger partial charge in [0, 0.05) is 6.42 Å². The van der Waals surface area contributed by atoms with E-state index in [1.807, 2.05) is 12.1 Å². The second-order valence-corrected chi connectivity index (χ2v) is 5.46. The van der Waals surface area contributed by atoms with Crippen LogP contribution in [0.1, 0.15) is 45.1 Å². The van der Waals surface area contributed by atoms with E-state index in [0.29, 0.717) is 16.5 Å². The fourth-order valence-corrected chi connectivity index (χ4v) is 2.58. The lowest BCUT2D eigenvalue weighted by molar-refractivity contribution is 0.0216. The second kappa shape index (κ2) is 6.63. The number of aliphatic hydroxyl groups is 1. The first-order chi connectivity index (χ1) is 8.00. The molecule has 1 nitrogen and oxygen atoms in total. The maximum Gasteiger partial charge on any atom is 0.0687 e. The van der Waals surface area contributed by atoms with Crippen molar-refractivity contribution >= 4 is 23.2 Å². The summed E-state index contributed by atoms with van der Waals surface area (Å²) in [6, 6.07) is 5.57. The fraction of sp³-hybridized carbons (Fsp3) is 0.571. The van der Waals surface area contributed by atoms with Gasteiger partial charge in [-0.3, -0.25) is 0 Å². The number of hydrogen-bond donors (Lipinski definition) is 1. The molecule has 3 heteroatoms. The Hall–Kier alpha value is -0.240. The number of benzene rings is 1. The molecule has 0 amide bonds. The Labute approximate surface area is 114 Å². The van der Waals surface area contributed by atoms with Gasteiger partial charge in [0.05, 0.1) is 15.6 Å². The Kier molecular flexibility index (Phi) is 5.78. The maximum atomic E-state index is 10.5. The van der Waals surface area contributed by atoms with Gasteiger partial charge in [-0.15, -0.1) is 0 Å². The lowest BCUT2D eigenvalue weighted by Crippen LogP contribution is -2.31. The summed E-state index contributed by atoms with van der Waals surface area (Å²) in [4.78, 5) is 0. The lowest BCUT2D eigenvalue weighted by atomic mass is 9.86. The van der Waals surface area contributed by atoms with Crippen molar-refractivity contribution in [3.8, 4) is 0 Å². The fourth-order valence-electron chi connectivity index (χ4n) is 2.26. The predicted molar refractivity (Wildman–Crippen MR) is 74.9 cm³/mol. The van der Waals surface area contributed by atoms with Gasteiger partial charge < -0.3 is 5.11 Å². The molecule has 0 aromatic heterocycles. The summed E-state index contributed by atoms with van der Waals surface area (Å²) in [5.41, 5.74) is 0.435. The van der Waals surface area contributed by atoms with Crippen LogP contribution in [0.15, 0.2) is 18.2 Å². The van der Waals surface area contributed by atoms with Crippen molar-refractivity contribution < 1.29 is 5.11 Å². The van der Waals surface area contributed by atoms with E-state index in [2.05, 4.69) is 13.8 Å². The van der Waals surface area contributed by atoms with Crippen molar-refractivity contribution in [1.82, 2.24) is 0 Å². The normalized spacial score (nSPS) is 11.8. The van der Waals surface area contributed by atoms with Gasteiger partial charge >= 0.3 is 0 Å². The standard InChI is InChI=1S/C14H20Cl2O/c1-3-7-14(17,8-4-2)10-11-5-6-12(15)13(16)9-11/h5-6,9,17H,3-4,7-8,10H2,1-2H3. The van der Waals surface area contributed by atoms with Gasteiger partial charge in [0.25, 0.3) is 0 Å². The zero-order valence-electron chi connectivity index (χ0n) is 10.5. The van der Waals surface area contributed by atoms with Crippen LogP contribution in [0.25, 0.3) is 0 Å². The van der Waals surface area contributed by atoms with E-state index in [-0.39, 0.29) is 0 Å². The molecule has 0 heterocycles. The molecular formula is C14H20Cl2O. The predicted octanol–water partition coefficient (Wildman–Crippen LogP) is 4.87. The minimum atomic E-state index is -0.610. The first-order valence-electron chi connectivity index (χ1n) is 6.17. The first kappa shape index (κ1) is 14.8. The van der Waals surface area contributed by atoms with Crippen molar-refractivity contribution in [1.29, 1.82) is 0 Å². The monoisotopic (exact) mass is 274 g/mol. The highest BCUT2D eigenvalue weighted by Crippen LogP contribution is 2.28. The van der Waals surface area contributed by atoms with Gasteiger partial charge in [0.1, 0.15) is 0 Å². The third-order valence-electron chi connectivity index (χ3n) is 2.95. The molecule has 0 saturated heterocycles. The van der Waals surface area contributed by atoms with Crippen LogP contribution in [-0.4, -0.2) is 10.7 Å². The molecule has 0 unspecified atom stereocenters. The zero-order chi connectivity index (χ0) is 12.9. The Morgan fingerprint density at radius 2 is 1.65 bits per heavy atom. The van der Waals surface area contributed by atoms with Crippen LogP contribution in [0, 0.1) is 0 Å². The van der Waals surface area contributed by atoms with Crippen molar-refractivity contribution in [2.24, 2.45) is 0 Å². The molecule has 0 aliphatic carbocycles. The quantitative estimate of drug-likeness (QED) is 0.785. The Balaban J connectivity index is 2.81. The molecule has 0 radical (unpaired) electrons. The number of hydrogen-bond acceptors (Lipinski definition) is 1. The summed E-state index contributed by atoms with van der Waals surface area (Å²) in [6.45, 7) is 4.19. The average molecular weight is 275 g/mol. The summed E-state index contributed by atoms with van der Waals surface area (Å²) in [5.74, 6) is 0. The minimum absolute atomic E-state index is 0.555. The van der Waals surface area contributed by atoms with Crippen LogP contribution in [0.3, 0.4) is 0 Å². The molecule has 0 fully saturated rings. The molecular weight excluding hydrogens is 255 g/mol. The third kappa shape index (κ3) is 4.50. The van der Waals surface area contributed by atoms with Gasteiger partial charge in [-0.05, 0) is 30.5 Å². The van der Waals surface area contributed by atoms with Gasteiger partial charge in [-0.1, -0.05) is 56.0 Å². The highest BCUT2D eigenvalue weighted by molar-refractivity contribution is 6.42. The van der Waals surface area contributed by atoms with E-state index in [1.54, 1.807) is 6.07 Å². The van der Waals surface area contributed by atoms with Crippen LogP contribution < -0.4 is 0 Å². The molecule has 17 heavy (non-hydrogen) atoms. The summed E-state index contributed by atoms with van der Waals surface area (Å²) >= 11 is 11.9. The molecule has 0 atom stereocenters. The van der Waals surface area contributed by atoms with Crippen LogP contribution in [-0.2, 0) is 6.42 Å². The van der Waals surface area contributed by atoms with Gasteiger partial charge in [0.2, 0.25) is 0 Å². The minimum Gasteiger partial charge on any atom is -0.390 e. The van der Waals surface area contributed by atoms with E-state index in [0.717, 1.165) is 31.2 Å². The lowest BCUT2D eigenvalue weighted by Gasteiger charge is -2.27. The van der Waals surface area contributed by atoms with Crippen LogP contribution in [0.5, 0.6) is 0 Å². The second-order valence-electron chi connectivity index (χ2n) is 4.65. The first-order valence-corrected chi connectivity index (χ1v) is 6.92. The van der Waals surface area contributed by atoms with E-state index in [4.69, 9.17) is 23.2 Å². The van der Waals surface area contributed by atoms with Gasteiger partial charge in [-0.25, -0.2) is 0 Å². The van der Waals surface area contributed by atoms with Crippen molar-refractivity contribution in [3.05, 3.63) is 33.8 Å². The van der Waals surface area contributed by atoms with E-state index < -0.39 is 5.60 Å². The van der Waals surface area contributed by atoms with E-state index in [1.165, 1.54) is 0 Å². The van der Waals surface area contributed by atoms with Crippen LogP contribution in [0.2, 0.25) is 10.0 Å². The molecule has 0 bridgehead atoms. The summed E-state index contributed by atoms with van der Waals surface area (Å²) < 4.78 is 0. The SMILES string of the molecule is CCCC(O)(CCC)Cc1ccc(Cl)c(Cl)c1. The molecule has 1 aromatic carbocycles. The molecule has 96 valence electrons. The zero-order valence-corrected chi connectivity index (χ0v) is 12.0. The van der Waals surface area contributed by atoms with Gasteiger partial charge in [-0.2, -0.15) is 0 Å². The summed E-state index contributed by atoms with van der Waals surface area (Å²) in [7, 11) is 0. The highest BCUT2D eigenvalue weighted by atomic mass is 35.5. The molecule has 0 saturated carbocycles. The average Bonchev–Trinajstić information content (AvgIpc) is 2.24. The third-order valence-corrected chi connectivity index (χ3v) is 3.69. The molecule has 1 N–H and O–H groups in total. The van der Waals surface area contributed by atoms with E-state index >= 15 is 0 Å². The summed E-state index contributed by atoms with van der Waals surface area (Å²) in [6.07, 6.45) is 4.25. The Morgan fingerprint density at radius 1 is 1.06 bits per heavy atom. The van der Waals surface area contributed by atoms with Crippen molar-refractivity contribution in [2.75, 3.05) is 0 Å². The molecule has 0 spiro atoms. The van der Waals surface area contributed by atoms with Crippen molar-refractivity contribution in [3.63, 3.8) is 0 Å². The largest absolute Gasteiger partial charge is 0.390 e. The Bertz CT molecular complexity index is 357. The Morgan fingerprint density at radius 3 is 2.12 bits per heavy atom. The van der Waals surface area contributed by atoms with Gasteiger partial charge in [0.15, 0.2) is 0 Å². The van der Waals surface area contributed by atoms with Crippen molar-refractivity contribution in [2.45, 2.75) is 51.6 Å². The molecule has 1 rings (SSSR count). The van der Waals surface area contributed by atoms with E-state index in [9.17, 15) is 5.11 Å². The molecule has 0 aliphatic heterocycles. The molecule has 1 aromatic rings.